The van der Waals surface area contributed by atoms with Crippen LogP contribution < -0.4 is 10.6 Å². The lowest BCUT2D eigenvalue weighted by Gasteiger charge is -2.17. The van der Waals surface area contributed by atoms with Gasteiger partial charge in [0.25, 0.3) is 0 Å². The van der Waals surface area contributed by atoms with Crippen molar-refractivity contribution in [2.24, 2.45) is 0 Å². The van der Waals surface area contributed by atoms with Gasteiger partial charge in [-0.25, -0.2) is 0 Å². The first-order valence-electron chi connectivity index (χ1n) is 7.36. The van der Waals surface area contributed by atoms with Crippen molar-refractivity contribution in [3.8, 4) is 0 Å². The number of benzene rings is 2. The third kappa shape index (κ3) is 4.35. The number of likely N-dealkylation sites (N-methyl/N-ethyl adjacent to an activating group) is 1. The highest BCUT2D eigenvalue weighted by Crippen LogP contribution is 2.19. The van der Waals surface area contributed by atoms with Gasteiger partial charge >= 0.3 is 0 Å². The molecule has 0 radical (unpaired) electrons. The van der Waals surface area contributed by atoms with E-state index in [0.29, 0.717) is 6.54 Å². The number of nitrogens with one attached hydrogen (secondary N) is 2. The van der Waals surface area contributed by atoms with Gasteiger partial charge in [-0.3, -0.25) is 4.79 Å². The lowest BCUT2D eigenvalue weighted by Crippen LogP contribution is -2.37. The number of anilines is 1. The van der Waals surface area contributed by atoms with E-state index >= 15 is 0 Å². The molecule has 0 aliphatic heterocycles. The summed E-state index contributed by atoms with van der Waals surface area (Å²) in [5.74, 6) is 0.0204. The predicted octanol–water partition coefficient (Wildman–Crippen LogP) is 3.21. The molecule has 0 heterocycles. The Kier molecular flexibility index (Phi) is 5.38. The van der Waals surface area contributed by atoms with E-state index in [-0.39, 0.29) is 11.9 Å². The molecule has 0 aliphatic rings. The molecule has 2 aromatic rings. The fraction of sp³-hybridized carbons (Fsp3) is 0.278. The average molecular weight is 282 g/mol. The molecule has 1 unspecified atom stereocenters. The second-order valence-electron chi connectivity index (χ2n) is 5.08. The van der Waals surface area contributed by atoms with Gasteiger partial charge in [-0.2, -0.15) is 0 Å². The Bertz CT molecular complexity index is 581. The van der Waals surface area contributed by atoms with E-state index in [1.807, 2.05) is 50.2 Å². The first-order valence-corrected chi connectivity index (χ1v) is 7.36. The maximum atomic E-state index is 11.8. The summed E-state index contributed by atoms with van der Waals surface area (Å²) in [5.41, 5.74) is 3.47. The molecule has 2 aromatic carbocycles. The van der Waals surface area contributed by atoms with Gasteiger partial charge in [-0.15, -0.1) is 0 Å². The van der Waals surface area contributed by atoms with E-state index in [4.69, 9.17) is 0 Å². The van der Waals surface area contributed by atoms with Crippen molar-refractivity contribution in [3.05, 3.63) is 65.7 Å². The van der Waals surface area contributed by atoms with Crippen LogP contribution in [0.4, 0.5) is 5.69 Å². The van der Waals surface area contributed by atoms with Gasteiger partial charge in [0.2, 0.25) is 5.91 Å². The highest BCUT2D eigenvalue weighted by molar-refractivity contribution is 5.84. The highest BCUT2D eigenvalue weighted by Gasteiger charge is 2.13. The van der Waals surface area contributed by atoms with Gasteiger partial charge in [0.15, 0.2) is 0 Å². The van der Waals surface area contributed by atoms with Crippen LogP contribution in [0.15, 0.2) is 54.6 Å². The van der Waals surface area contributed by atoms with Gasteiger partial charge in [-0.1, -0.05) is 48.5 Å². The fourth-order valence-electron chi connectivity index (χ4n) is 2.26. The Hall–Kier alpha value is -2.29. The van der Waals surface area contributed by atoms with E-state index in [0.717, 1.165) is 12.1 Å². The van der Waals surface area contributed by atoms with Crippen LogP contribution in [0.2, 0.25) is 0 Å². The van der Waals surface area contributed by atoms with Crippen molar-refractivity contribution < 1.29 is 4.79 Å². The second kappa shape index (κ2) is 7.48. The first-order chi connectivity index (χ1) is 10.2. The lowest BCUT2D eigenvalue weighted by atomic mass is 10.0. The van der Waals surface area contributed by atoms with Crippen molar-refractivity contribution in [1.29, 1.82) is 0 Å². The topological polar surface area (TPSA) is 41.1 Å². The molecule has 1 amide bonds. The molecule has 0 aliphatic carbocycles. The third-order valence-electron chi connectivity index (χ3n) is 3.37. The maximum absolute atomic E-state index is 11.8. The summed E-state index contributed by atoms with van der Waals surface area (Å²) in [6.45, 7) is 4.45. The van der Waals surface area contributed by atoms with Crippen LogP contribution in [0, 0.1) is 0 Å². The predicted molar refractivity (Wildman–Crippen MR) is 87.5 cm³/mol. The number of carbonyl (C=O) groups is 1. The van der Waals surface area contributed by atoms with Gasteiger partial charge < -0.3 is 10.6 Å². The molecule has 0 aromatic heterocycles. The van der Waals surface area contributed by atoms with E-state index in [2.05, 4.69) is 28.8 Å². The lowest BCUT2D eigenvalue weighted by molar-refractivity contribution is -0.121. The van der Waals surface area contributed by atoms with Crippen molar-refractivity contribution >= 4 is 11.6 Å². The van der Waals surface area contributed by atoms with Gasteiger partial charge in [0, 0.05) is 12.2 Å². The zero-order valence-corrected chi connectivity index (χ0v) is 12.6. The quantitative estimate of drug-likeness (QED) is 0.854. The third-order valence-corrected chi connectivity index (χ3v) is 3.37. The van der Waals surface area contributed by atoms with Crippen LogP contribution in [-0.4, -0.2) is 18.5 Å². The average Bonchev–Trinajstić information content (AvgIpc) is 2.50. The highest BCUT2D eigenvalue weighted by atomic mass is 16.2. The van der Waals surface area contributed by atoms with Crippen LogP contribution in [0.25, 0.3) is 0 Å². The van der Waals surface area contributed by atoms with Gasteiger partial charge in [0.05, 0.1) is 0 Å². The molecule has 2 rings (SSSR count). The summed E-state index contributed by atoms with van der Waals surface area (Å²) in [4.78, 5) is 11.8. The second-order valence-corrected chi connectivity index (χ2v) is 5.08. The minimum Gasteiger partial charge on any atom is -0.374 e. The van der Waals surface area contributed by atoms with Crippen LogP contribution >= 0.6 is 0 Å². The monoisotopic (exact) mass is 282 g/mol. The maximum Gasteiger partial charge on any atom is 0.242 e. The molecule has 2 N–H and O–H groups in total. The summed E-state index contributed by atoms with van der Waals surface area (Å²) in [7, 11) is 0. The Morgan fingerprint density at radius 2 is 1.71 bits per heavy atom. The van der Waals surface area contributed by atoms with Gasteiger partial charge in [0.1, 0.15) is 6.04 Å². The number of carbonyl (C=O) groups excluding carboxylic acids is 1. The molecular weight excluding hydrogens is 260 g/mol. The standard InChI is InChI=1S/C18H22N2O/c1-3-19-18(21)14(2)20-17-12-8-7-11-16(17)13-15-9-5-4-6-10-15/h4-12,14,20H,3,13H2,1-2H3,(H,19,21). The molecule has 21 heavy (non-hydrogen) atoms. The molecule has 3 nitrogen and oxygen atoms in total. The summed E-state index contributed by atoms with van der Waals surface area (Å²) in [6, 6.07) is 18.2. The Balaban J connectivity index is 2.12. The molecule has 3 heteroatoms. The Morgan fingerprint density at radius 3 is 2.43 bits per heavy atom. The molecule has 0 spiro atoms. The van der Waals surface area contributed by atoms with Crippen LogP contribution in [0.1, 0.15) is 25.0 Å². The number of amides is 1. The van der Waals surface area contributed by atoms with Crippen molar-refractivity contribution in [2.75, 3.05) is 11.9 Å². The molecule has 0 saturated carbocycles. The zero-order chi connectivity index (χ0) is 15.1. The number of para-hydroxylation sites is 1. The molecule has 0 bridgehead atoms. The first kappa shape index (κ1) is 15.1. The van der Waals surface area contributed by atoms with Gasteiger partial charge in [-0.05, 0) is 37.5 Å². The van der Waals surface area contributed by atoms with Crippen LogP contribution in [0.3, 0.4) is 0 Å². The number of hydrogen-bond donors (Lipinski definition) is 2. The van der Waals surface area contributed by atoms with Crippen LogP contribution in [-0.2, 0) is 11.2 Å². The van der Waals surface area contributed by atoms with Crippen molar-refractivity contribution in [3.63, 3.8) is 0 Å². The summed E-state index contributed by atoms with van der Waals surface area (Å²) in [6.07, 6.45) is 0.853. The Morgan fingerprint density at radius 1 is 1.05 bits per heavy atom. The molecule has 0 saturated heterocycles. The SMILES string of the molecule is CCNC(=O)C(C)Nc1ccccc1Cc1ccccc1. The smallest absolute Gasteiger partial charge is 0.242 e. The normalized spacial score (nSPS) is 11.7. The van der Waals surface area contributed by atoms with Crippen molar-refractivity contribution in [1.82, 2.24) is 5.32 Å². The van der Waals surface area contributed by atoms with Crippen molar-refractivity contribution in [2.45, 2.75) is 26.3 Å². The van der Waals surface area contributed by atoms with E-state index < -0.39 is 0 Å². The Labute approximate surface area is 126 Å². The molecule has 1 atom stereocenters. The number of rotatable bonds is 6. The zero-order valence-electron chi connectivity index (χ0n) is 12.6. The van der Waals surface area contributed by atoms with E-state index in [9.17, 15) is 4.79 Å². The summed E-state index contributed by atoms with van der Waals surface area (Å²) in [5, 5.41) is 6.14. The minimum atomic E-state index is -0.248. The molecule has 0 fully saturated rings. The molecular formula is C18H22N2O. The summed E-state index contributed by atoms with van der Waals surface area (Å²) >= 11 is 0. The largest absolute Gasteiger partial charge is 0.374 e. The number of hydrogen-bond acceptors (Lipinski definition) is 2. The summed E-state index contributed by atoms with van der Waals surface area (Å²) < 4.78 is 0. The van der Waals surface area contributed by atoms with E-state index in [1.165, 1.54) is 11.1 Å². The van der Waals surface area contributed by atoms with E-state index in [1.54, 1.807) is 0 Å². The molecule has 110 valence electrons. The minimum absolute atomic E-state index is 0.0204. The fourth-order valence-corrected chi connectivity index (χ4v) is 2.26. The van der Waals surface area contributed by atoms with Crippen LogP contribution in [0.5, 0.6) is 0 Å².